The van der Waals surface area contributed by atoms with Crippen LogP contribution in [-0.4, -0.2) is 20.3 Å². The monoisotopic (exact) mass is 247 g/mol. The maximum absolute atomic E-state index is 6.06. The van der Waals surface area contributed by atoms with Crippen LogP contribution in [0, 0.1) is 0 Å². The van der Waals surface area contributed by atoms with E-state index in [2.05, 4.69) is 17.5 Å². The predicted molar refractivity (Wildman–Crippen MR) is 73.2 cm³/mol. The Labute approximate surface area is 109 Å². The van der Waals surface area contributed by atoms with Crippen molar-refractivity contribution in [3.05, 3.63) is 35.9 Å². The lowest BCUT2D eigenvalue weighted by atomic mass is 10.1. The normalized spacial score (nSPS) is 18.7. The fourth-order valence-corrected chi connectivity index (χ4v) is 2.17. The van der Waals surface area contributed by atoms with Crippen LogP contribution in [0.15, 0.2) is 30.4 Å². The van der Waals surface area contributed by atoms with Gasteiger partial charge in [-0.1, -0.05) is 6.08 Å². The number of nitrogens with one attached hydrogen (secondary N) is 1. The summed E-state index contributed by atoms with van der Waals surface area (Å²) in [5.74, 6) is 1.81. The second-order valence-corrected chi connectivity index (χ2v) is 4.52. The summed E-state index contributed by atoms with van der Waals surface area (Å²) in [6, 6.07) is 5.97. The molecule has 0 aliphatic heterocycles. The smallest absolute Gasteiger partial charge is 0.124 e. The Kier molecular flexibility index (Phi) is 4.65. The lowest BCUT2D eigenvalue weighted by Gasteiger charge is -2.21. The van der Waals surface area contributed by atoms with Crippen molar-refractivity contribution in [1.82, 2.24) is 5.32 Å². The van der Waals surface area contributed by atoms with Crippen molar-refractivity contribution in [2.75, 3.05) is 14.2 Å². The summed E-state index contributed by atoms with van der Waals surface area (Å²) in [5, 5.41) is 3.16. The molecule has 2 rings (SSSR count). The fourth-order valence-electron chi connectivity index (χ4n) is 2.17. The number of hydrogen-bond donors (Lipinski definition) is 1. The van der Waals surface area contributed by atoms with Crippen molar-refractivity contribution in [3.63, 3.8) is 0 Å². The third kappa shape index (κ3) is 3.26. The third-order valence-corrected chi connectivity index (χ3v) is 3.12. The van der Waals surface area contributed by atoms with E-state index >= 15 is 0 Å². The van der Waals surface area contributed by atoms with Crippen molar-refractivity contribution in [2.24, 2.45) is 0 Å². The first-order valence-electron chi connectivity index (χ1n) is 6.48. The zero-order chi connectivity index (χ0) is 12.8. The Morgan fingerprint density at radius 3 is 2.94 bits per heavy atom. The number of benzene rings is 1. The molecule has 1 atom stereocenters. The molecule has 0 saturated carbocycles. The van der Waals surface area contributed by atoms with E-state index in [4.69, 9.17) is 9.47 Å². The predicted octanol–water partition coefficient (Wildman–Crippen LogP) is 2.90. The standard InChI is InChI=1S/C15H21NO2/c1-16-11-12-10-14(17-2)8-9-15(12)18-13-6-4-3-5-7-13/h4,6,8-10,13,16H,3,5,7,11H2,1-2H3. The lowest BCUT2D eigenvalue weighted by Crippen LogP contribution is -2.17. The summed E-state index contributed by atoms with van der Waals surface area (Å²) < 4.78 is 11.3. The number of allylic oxidation sites excluding steroid dienone is 1. The Morgan fingerprint density at radius 1 is 1.39 bits per heavy atom. The van der Waals surface area contributed by atoms with Gasteiger partial charge in [0.15, 0.2) is 0 Å². The molecule has 0 spiro atoms. The number of methoxy groups -OCH3 is 1. The second-order valence-electron chi connectivity index (χ2n) is 4.52. The van der Waals surface area contributed by atoms with Gasteiger partial charge >= 0.3 is 0 Å². The first-order valence-corrected chi connectivity index (χ1v) is 6.48. The summed E-state index contributed by atoms with van der Waals surface area (Å²) in [4.78, 5) is 0. The largest absolute Gasteiger partial charge is 0.497 e. The van der Waals surface area contributed by atoms with E-state index in [9.17, 15) is 0 Å². The molecular weight excluding hydrogens is 226 g/mol. The Hall–Kier alpha value is -1.48. The molecule has 0 saturated heterocycles. The van der Waals surface area contributed by atoms with E-state index < -0.39 is 0 Å². The minimum Gasteiger partial charge on any atom is -0.497 e. The average molecular weight is 247 g/mol. The van der Waals surface area contributed by atoms with Crippen LogP contribution in [0.3, 0.4) is 0 Å². The zero-order valence-corrected chi connectivity index (χ0v) is 11.1. The number of rotatable bonds is 5. The van der Waals surface area contributed by atoms with Gasteiger partial charge in [0.05, 0.1) is 7.11 Å². The molecule has 1 aliphatic carbocycles. The zero-order valence-electron chi connectivity index (χ0n) is 11.1. The molecule has 0 aromatic heterocycles. The number of hydrogen-bond acceptors (Lipinski definition) is 3. The highest BCUT2D eigenvalue weighted by atomic mass is 16.5. The Morgan fingerprint density at radius 2 is 2.28 bits per heavy atom. The summed E-state index contributed by atoms with van der Waals surface area (Å²) >= 11 is 0. The Bertz CT molecular complexity index is 415. The van der Waals surface area contributed by atoms with E-state index in [1.165, 1.54) is 12.8 Å². The van der Waals surface area contributed by atoms with Crippen LogP contribution in [-0.2, 0) is 6.54 Å². The van der Waals surface area contributed by atoms with Crippen LogP contribution in [0.2, 0.25) is 0 Å². The molecule has 1 aliphatic rings. The Balaban J connectivity index is 2.14. The van der Waals surface area contributed by atoms with E-state index in [1.807, 2.05) is 25.2 Å². The summed E-state index contributed by atoms with van der Waals surface area (Å²) in [6.07, 6.45) is 8.06. The molecule has 1 aromatic rings. The van der Waals surface area contributed by atoms with Gasteiger partial charge in [-0.25, -0.2) is 0 Å². The van der Waals surface area contributed by atoms with Gasteiger partial charge in [-0.2, -0.15) is 0 Å². The van der Waals surface area contributed by atoms with Crippen molar-refractivity contribution in [1.29, 1.82) is 0 Å². The summed E-state index contributed by atoms with van der Waals surface area (Å²) in [7, 11) is 3.62. The highest BCUT2D eigenvalue weighted by Gasteiger charge is 2.12. The van der Waals surface area contributed by atoms with Gasteiger partial charge in [0, 0.05) is 12.1 Å². The van der Waals surface area contributed by atoms with E-state index in [-0.39, 0.29) is 6.10 Å². The minimum atomic E-state index is 0.211. The molecule has 0 amide bonds. The third-order valence-electron chi connectivity index (χ3n) is 3.12. The highest BCUT2D eigenvalue weighted by molar-refractivity contribution is 5.40. The molecule has 0 bridgehead atoms. The van der Waals surface area contributed by atoms with Crippen LogP contribution in [0.5, 0.6) is 11.5 Å². The van der Waals surface area contributed by atoms with Gasteiger partial charge < -0.3 is 14.8 Å². The lowest BCUT2D eigenvalue weighted by molar-refractivity contribution is 0.227. The van der Waals surface area contributed by atoms with Crippen LogP contribution in [0.25, 0.3) is 0 Å². The second kappa shape index (κ2) is 6.45. The van der Waals surface area contributed by atoms with Crippen molar-refractivity contribution in [2.45, 2.75) is 31.9 Å². The van der Waals surface area contributed by atoms with Crippen LogP contribution in [0.4, 0.5) is 0 Å². The average Bonchev–Trinajstić information content (AvgIpc) is 2.42. The van der Waals surface area contributed by atoms with Crippen molar-refractivity contribution >= 4 is 0 Å². The maximum Gasteiger partial charge on any atom is 0.124 e. The number of ether oxygens (including phenoxy) is 2. The first kappa shape index (κ1) is 13.0. The van der Waals surface area contributed by atoms with Crippen LogP contribution >= 0.6 is 0 Å². The molecule has 18 heavy (non-hydrogen) atoms. The minimum absolute atomic E-state index is 0.211. The van der Waals surface area contributed by atoms with E-state index in [1.54, 1.807) is 7.11 Å². The fraction of sp³-hybridized carbons (Fsp3) is 0.467. The molecule has 1 aromatic carbocycles. The SMILES string of the molecule is CNCc1cc(OC)ccc1OC1C=CCCC1. The van der Waals surface area contributed by atoms with Gasteiger partial charge in [0.25, 0.3) is 0 Å². The van der Waals surface area contributed by atoms with Gasteiger partial charge in [-0.3, -0.25) is 0 Å². The molecule has 0 fully saturated rings. The van der Waals surface area contributed by atoms with E-state index in [0.717, 1.165) is 30.0 Å². The summed E-state index contributed by atoms with van der Waals surface area (Å²) in [5.41, 5.74) is 1.14. The van der Waals surface area contributed by atoms with Crippen LogP contribution in [0.1, 0.15) is 24.8 Å². The van der Waals surface area contributed by atoms with Gasteiger partial charge in [0.2, 0.25) is 0 Å². The molecule has 0 radical (unpaired) electrons. The van der Waals surface area contributed by atoms with Gasteiger partial charge in [0.1, 0.15) is 17.6 Å². The first-order chi connectivity index (χ1) is 8.83. The highest BCUT2D eigenvalue weighted by Crippen LogP contribution is 2.27. The van der Waals surface area contributed by atoms with Crippen LogP contribution < -0.4 is 14.8 Å². The molecule has 0 heterocycles. The quantitative estimate of drug-likeness (QED) is 0.812. The molecule has 1 N–H and O–H groups in total. The van der Waals surface area contributed by atoms with Gasteiger partial charge in [-0.05, 0) is 50.6 Å². The van der Waals surface area contributed by atoms with E-state index in [0.29, 0.717) is 0 Å². The molecule has 98 valence electrons. The molecule has 1 unspecified atom stereocenters. The van der Waals surface area contributed by atoms with Gasteiger partial charge in [-0.15, -0.1) is 0 Å². The summed E-state index contributed by atoms with van der Waals surface area (Å²) in [6.45, 7) is 0.781. The molecular formula is C15H21NO2. The van der Waals surface area contributed by atoms with Crippen molar-refractivity contribution < 1.29 is 9.47 Å². The topological polar surface area (TPSA) is 30.5 Å². The molecule has 3 heteroatoms. The maximum atomic E-state index is 6.06. The van der Waals surface area contributed by atoms with Crippen molar-refractivity contribution in [3.8, 4) is 11.5 Å². The molecule has 3 nitrogen and oxygen atoms in total.